The third-order valence-corrected chi connectivity index (χ3v) is 3.20. The molecule has 7 heteroatoms. The number of nitrogens with one attached hydrogen (secondary N) is 1. The van der Waals surface area contributed by atoms with Gasteiger partial charge >= 0.3 is 0 Å². The van der Waals surface area contributed by atoms with E-state index in [0.29, 0.717) is 11.3 Å². The molecule has 0 atom stereocenters. The fraction of sp³-hybridized carbons (Fsp3) is 0.0667. The number of nitro groups is 1. The van der Waals surface area contributed by atoms with E-state index in [1.807, 2.05) is 12.1 Å². The molecule has 0 saturated carbocycles. The Bertz CT molecular complexity index is 839. The first-order valence-electron chi connectivity index (χ1n) is 6.58. The van der Waals surface area contributed by atoms with Crippen LogP contribution in [0.3, 0.4) is 0 Å². The van der Waals surface area contributed by atoms with Crippen molar-refractivity contribution in [2.45, 2.75) is 6.42 Å². The van der Waals surface area contributed by atoms with Gasteiger partial charge in [-0.25, -0.2) is 4.52 Å². The Labute approximate surface area is 125 Å². The summed E-state index contributed by atoms with van der Waals surface area (Å²) >= 11 is 0. The highest BCUT2D eigenvalue weighted by atomic mass is 16.6. The first kappa shape index (κ1) is 13.7. The number of hydrogen-bond donors (Lipinski definition) is 1. The van der Waals surface area contributed by atoms with Crippen molar-refractivity contribution in [1.29, 1.82) is 0 Å². The van der Waals surface area contributed by atoms with Crippen molar-refractivity contribution in [3.8, 4) is 0 Å². The second kappa shape index (κ2) is 5.65. The van der Waals surface area contributed by atoms with Gasteiger partial charge in [0.15, 0.2) is 0 Å². The van der Waals surface area contributed by atoms with E-state index < -0.39 is 4.92 Å². The van der Waals surface area contributed by atoms with Crippen LogP contribution in [0.5, 0.6) is 0 Å². The number of pyridine rings is 1. The summed E-state index contributed by atoms with van der Waals surface area (Å²) < 4.78 is 1.70. The van der Waals surface area contributed by atoms with Crippen molar-refractivity contribution in [3.05, 3.63) is 70.5 Å². The van der Waals surface area contributed by atoms with Gasteiger partial charge in [0.25, 0.3) is 5.69 Å². The van der Waals surface area contributed by atoms with E-state index in [1.54, 1.807) is 35.1 Å². The molecule has 0 unspecified atom stereocenters. The highest BCUT2D eigenvalue weighted by Gasteiger charge is 2.08. The van der Waals surface area contributed by atoms with Crippen LogP contribution in [0.15, 0.2) is 54.9 Å². The van der Waals surface area contributed by atoms with Crippen LogP contribution in [0.2, 0.25) is 0 Å². The minimum Gasteiger partial charge on any atom is -0.326 e. The van der Waals surface area contributed by atoms with E-state index >= 15 is 0 Å². The van der Waals surface area contributed by atoms with Crippen molar-refractivity contribution >= 4 is 22.8 Å². The van der Waals surface area contributed by atoms with Crippen molar-refractivity contribution in [2.75, 3.05) is 5.32 Å². The van der Waals surface area contributed by atoms with E-state index in [-0.39, 0.29) is 18.0 Å². The first-order valence-corrected chi connectivity index (χ1v) is 6.58. The lowest BCUT2D eigenvalue weighted by Crippen LogP contribution is -2.14. The lowest BCUT2D eigenvalue weighted by Gasteiger charge is -2.06. The number of non-ortho nitro benzene ring substituents is 1. The molecule has 3 aromatic rings. The number of aromatic nitrogens is 2. The summed E-state index contributed by atoms with van der Waals surface area (Å²) in [5.41, 5.74) is 2.29. The molecule has 0 aliphatic rings. The van der Waals surface area contributed by atoms with E-state index in [9.17, 15) is 14.9 Å². The van der Waals surface area contributed by atoms with Gasteiger partial charge in [-0.15, -0.1) is 0 Å². The zero-order valence-electron chi connectivity index (χ0n) is 11.5. The van der Waals surface area contributed by atoms with Gasteiger partial charge in [0.2, 0.25) is 5.91 Å². The number of fused-ring (bicyclic) bond motifs is 1. The minimum atomic E-state index is -0.468. The Hall–Kier alpha value is -3.22. The summed E-state index contributed by atoms with van der Waals surface area (Å²) in [6, 6.07) is 11.4. The van der Waals surface area contributed by atoms with Crippen LogP contribution in [0.1, 0.15) is 5.56 Å². The topological polar surface area (TPSA) is 89.5 Å². The summed E-state index contributed by atoms with van der Waals surface area (Å²) in [6.45, 7) is 0. The summed E-state index contributed by atoms with van der Waals surface area (Å²) in [5, 5.41) is 17.5. The molecule has 22 heavy (non-hydrogen) atoms. The van der Waals surface area contributed by atoms with Crippen LogP contribution >= 0.6 is 0 Å². The number of benzene rings is 1. The molecule has 0 bridgehead atoms. The zero-order chi connectivity index (χ0) is 15.5. The molecule has 0 radical (unpaired) electrons. The number of nitro benzene ring substituents is 1. The smallest absolute Gasteiger partial charge is 0.269 e. The second-order valence-electron chi connectivity index (χ2n) is 4.76. The van der Waals surface area contributed by atoms with Gasteiger partial charge in [-0.2, -0.15) is 5.10 Å². The van der Waals surface area contributed by atoms with Gasteiger partial charge in [-0.1, -0.05) is 12.1 Å². The van der Waals surface area contributed by atoms with Crippen LogP contribution < -0.4 is 5.32 Å². The third-order valence-electron chi connectivity index (χ3n) is 3.20. The Balaban J connectivity index is 1.67. The minimum absolute atomic E-state index is 0.00958. The monoisotopic (exact) mass is 296 g/mol. The van der Waals surface area contributed by atoms with Gasteiger partial charge in [0.1, 0.15) is 0 Å². The molecule has 2 heterocycles. The van der Waals surface area contributed by atoms with Gasteiger partial charge < -0.3 is 5.32 Å². The summed E-state index contributed by atoms with van der Waals surface area (Å²) in [6.07, 6.45) is 3.59. The number of carbonyl (C=O) groups excluding carboxylic acids is 1. The van der Waals surface area contributed by atoms with Crippen LogP contribution in [0, 0.1) is 10.1 Å². The van der Waals surface area contributed by atoms with Crippen molar-refractivity contribution in [1.82, 2.24) is 9.61 Å². The Kier molecular flexibility index (Phi) is 3.53. The molecule has 110 valence electrons. The van der Waals surface area contributed by atoms with Crippen LogP contribution in [0.4, 0.5) is 11.4 Å². The Morgan fingerprint density at radius 1 is 1.23 bits per heavy atom. The predicted octanol–water partition coefficient (Wildman–Crippen LogP) is 2.42. The van der Waals surface area contributed by atoms with E-state index in [4.69, 9.17) is 0 Å². The quantitative estimate of drug-likeness (QED) is 0.591. The number of amides is 1. The molecule has 0 spiro atoms. The van der Waals surface area contributed by atoms with Crippen molar-refractivity contribution in [2.24, 2.45) is 0 Å². The van der Waals surface area contributed by atoms with Gasteiger partial charge in [0.05, 0.1) is 16.9 Å². The van der Waals surface area contributed by atoms with Crippen molar-refractivity contribution in [3.63, 3.8) is 0 Å². The number of hydrogen-bond acceptors (Lipinski definition) is 4. The lowest BCUT2D eigenvalue weighted by atomic mass is 10.1. The summed E-state index contributed by atoms with van der Waals surface area (Å²) in [5.74, 6) is -0.183. The van der Waals surface area contributed by atoms with Crippen LogP contribution in [-0.2, 0) is 11.2 Å². The van der Waals surface area contributed by atoms with E-state index in [1.165, 1.54) is 12.1 Å². The summed E-state index contributed by atoms with van der Waals surface area (Å²) in [4.78, 5) is 22.1. The van der Waals surface area contributed by atoms with Crippen molar-refractivity contribution < 1.29 is 9.72 Å². The molecule has 0 aliphatic heterocycles. The maximum atomic E-state index is 12.0. The maximum Gasteiger partial charge on any atom is 0.269 e. The molecule has 1 aromatic carbocycles. The van der Waals surface area contributed by atoms with Gasteiger partial charge in [0, 0.05) is 30.2 Å². The maximum absolute atomic E-state index is 12.0. The molecular weight excluding hydrogens is 284 g/mol. The molecule has 2 aromatic heterocycles. The van der Waals surface area contributed by atoms with Crippen LogP contribution in [-0.4, -0.2) is 20.4 Å². The van der Waals surface area contributed by atoms with Crippen LogP contribution in [0.25, 0.3) is 5.52 Å². The van der Waals surface area contributed by atoms with Gasteiger partial charge in [-0.3, -0.25) is 14.9 Å². The average molecular weight is 296 g/mol. The Morgan fingerprint density at radius 2 is 2.00 bits per heavy atom. The fourth-order valence-corrected chi connectivity index (χ4v) is 2.13. The molecule has 0 aliphatic carbocycles. The highest BCUT2D eigenvalue weighted by molar-refractivity contribution is 5.92. The number of anilines is 1. The first-order chi connectivity index (χ1) is 10.6. The fourth-order valence-electron chi connectivity index (χ4n) is 2.13. The molecule has 1 N–H and O–H groups in total. The lowest BCUT2D eigenvalue weighted by molar-refractivity contribution is -0.384. The molecule has 0 fully saturated rings. The largest absolute Gasteiger partial charge is 0.326 e. The number of nitrogens with zero attached hydrogens (tertiary/aromatic N) is 3. The molecule has 0 saturated heterocycles. The molecule has 3 rings (SSSR count). The summed E-state index contributed by atoms with van der Waals surface area (Å²) in [7, 11) is 0. The highest BCUT2D eigenvalue weighted by Crippen LogP contribution is 2.14. The predicted molar refractivity (Wildman–Crippen MR) is 80.6 cm³/mol. The average Bonchev–Trinajstić information content (AvgIpc) is 2.95. The molecule has 1 amide bonds. The SMILES string of the molecule is O=C(Cc1ccc([N+](=O)[O-])cc1)Nc1ccn2nccc2c1. The standard InChI is InChI=1S/C15H12N4O3/c20-15(9-11-1-3-13(4-2-11)19(21)22)17-12-6-8-18-14(10-12)5-7-16-18/h1-8,10H,9H2,(H,17,20). The number of rotatable bonds is 4. The third kappa shape index (κ3) is 2.93. The zero-order valence-corrected chi connectivity index (χ0v) is 11.5. The van der Waals surface area contributed by atoms with E-state index in [0.717, 1.165) is 5.52 Å². The molecular formula is C15H12N4O3. The number of carbonyl (C=O) groups is 1. The normalized spacial score (nSPS) is 10.5. The van der Waals surface area contributed by atoms with Gasteiger partial charge in [-0.05, 0) is 23.8 Å². The van der Waals surface area contributed by atoms with E-state index in [2.05, 4.69) is 10.4 Å². The second-order valence-corrected chi connectivity index (χ2v) is 4.76. The molecule has 7 nitrogen and oxygen atoms in total. The Morgan fingerprint density at radius 3 is 2.73 bits per heavy atom.